The first-order valence-corrected chi connectivity index (χ1v) is 6.48. The molecule has 0 unspecified atom stereocenters. The maximum absolute atomic E-state index is 12.6. The van der Waals surface area contributed by atoms with Crippen molar-refractivity contribution in [3.8, 4) is 6.07 Å². The number of aromatic nitrogens is 1. The van der Waals surface area contributed by atoms with Crippen molar-refractivity contribution in [1.82, 2.24) is 4.98 Å². The molecule has 0 N–H and O–H groups in total. The highest BCUT2D eigenvalue weighted by atomic mass is 35.5. The summed E-state index contributed by atoms with van der Waals surface area (Å²) in [4.78, 5) is 13.6. The number of nitro benzene ring substituents is 1. The molecule has 0 radical (unpaired) electrons. The van der Waals surface area contributed by atoms with E-state index in [-0.39, 0.29) is 16.4 Å². The van der Waals surface area contributed by atoms with Crippen LogP contribution in [0.2, 0.25) is 5.02 Å². The number of hydrogen-bond acceptors (Lipinski definition) is 4. The van der Waals surface area contributed by atoms with Crippen LogP contribution in [0.5, 0.6) is 0 Å². The second kappa shape index (κ2) is 6.22. The molecule has 0 aliphatic carbocycles. The number of nitriles is 1. The van der Waals surface area contributed by atoms with Gasteiger partial charge in [-0.05, 0) is 11.6 Å². The summed E-state index contributed by atoms with van der Waals surface area (Å²) >= 11 is 5.82. The van der Waals surface area contributed by atoms with Crippen molar-refractivity contribution in [3.05, 3.63) is 68.5 Å². The van der Waals surface area contributed by atoms with Crippen LogP contribution < -0.4 is 0 Å². The van der Waals surface area contributed by atoms with Crippen LogP contribution in [0.3, 0.4) is 0 Å². The van der Waals surface area contributed by atoms with Gasteiger partial charge in [0.25, 0.3) is 5.69 Å². The van der Waals surface area contributed by atoms with Crippen LogP contribution in [0.25, 0.3) is 0 Å². The highest BCUT2D eigenvalue weighted by Gasteiger charge is 2.32. The minimum atomic E-state index is -4.59. The summed E-state index contributed by atoms with van der Waals surface area (Å²) in [7, 11) is 0. The van der Waals surface area contributed by atoms with Gasteiger partial charge in [0.2, 0.25) is 0 Å². The van der Waals surface area contributed by atoms with Crippen LogP contribution >= 0.6 is 11.6 Å². The number of nitro groups is 1. The van der Waals surface area contributed by atoms with Gasteiger partial charge in [0.1, 0.15) is 5.92 Å². The van der Waals surface area contributed by atoms with Gasteiger partial charge in [0, 0.05) is 18.3 Å². The van der Waals surface area contributed by atoms with E-state index in [1.54, 1.807) is 0 Å². The van der Waals surface area contributed by atoms with E-state index in [0.717, 1.165) is 0 Å². The predicted molar refractivity (Wildman–Crippen MR) is 74.8 cm³/mol. The minimum Gasteiger partial charge on any atom is -0.258 e. The molecule has 2 aromatic rings. The van der Waals surface area contributed by atoms with Crippen molar-refractivity contribution < 1.29 is 18.1 Å². The van der Waals surface area contributed by atoms with Gasteiger partial charge in [-0.25, -0.2) is 0 Å². The smallest absolute Gasteiger partial charge is 0.258 e. The minimum absolute atomic E-state index is 0.0454. The van der Waals surface area contributed by atoms with E-state index >= 15 is 0 Å². The first-order valence-electron chi connectivity index (χ1n) is 6.10. The number of benzene rings is 1. The second-order valence-electron chi connectivity index (χ2n) is 4.50. The topological polar surface area (TPSA) is 79.8 Å². The van der Waals surface area contributed by atoms with E-state index in [2.05, 4.69) is 4.98 Å². The summed E-state index contributed by atoms with van der Waals surface area (Å²) in [6.45, 7) is 0. The third-order valence-corrected chi connectivity index (χ3v) is 3.34. The molecule has 0 saturated carbocycles. The Hall–Kier alpha value is -2.66. The van der Waals surface area contributed by atoms with Gasteiger partial charge in [0.05, 0.1) is 27.3 Å². The Bertz CT molecular complexity index is 785. The molecule has 23 heavy (non-hydrogen) atoms. The lowest BCUT2D eigenvalue weighted by molar-refractivity contribution is -0.384. The molecular weight excluding hydrogens is 335 g/mol. The maximum atomic E-state index is 12.6. The molecule has 0 spiro atoms. The van der Waals surface area contributed by atoms with Crippen molar-refractivity contribution in [2.45, 2.75) is 12.1 Å². The zero-order chi connectivity index (χ0) is 17.2. The molecular formula is C14H7ClF3N3O2. The number of nitrogens with zero attached hydrogens (tertiary/aromatic N) is 3. The normalized spacial score (nSPS) is 12.5. The predicted octanol–water partition coefficient (Wildman–Crippen LogP) is 4.32. The molecule has 1 aromatic carbocycles. The summed E-state index contributed by atoms with van der Waals surface area (Å²) in [5.41, 5.74) is -0.896. The summed E-state index contributed by atoms with van der Waals surface area (Å²) in [6, 6.07) is 7.63. The fourth-order valence-electron chi connectivity index (χ4n) is 1.90. The van der Waals surface area contributed by atoms with Gasteiger partial charge in [0.15, 0.2) is 0 Å². The highest BCUT2D eigenvalue weighted by Crippen LogP contribution is 2.34. The van der Waals surface area contributed by atoms with Crippen LogP contribution in [0.4, 0.5) is 18.9 Å². The number of halogens is 4. The zero-order valence-electron chi connectivity index (χ0n) is 11.2. The van der Waals surface area contributed by atoms with Gasteiger partial charge >= 0.3 is 6.18 Å². The summed E-state index contributed by atoms with van der Waals surface area (Å²) < 4.78 is 37.8. The van der Waals surface area contributed by atoms with E-state index in [4.69, 9.17) is 11.6 Å². The summed E-state index contributed by atoms with van der Waals surface area (Å²) in [5.74, 6) is -1.04. The van der Waals surface area contributed by atoms with Gasteiger partial charge in [-0.15, -0.1) is 0 Å². The Morgan fingerprint density at radius 1 is 1.30 bits per heavy atom. The fraction of sp³-hybridized carbons (Fsp3) is 0.143. The summed E-state index contributed by atoms with van der Waals surface area (Å²) in [6.07, 6.45) is -4.00. The monoisotopic (exact) mass is 341 g/mol. The van der Waals surface area contributed by atoms with E-state index in [1.165, 1.54) is 24.3 Å². The van der Waals surface area contributed by atoms with Gasteiger partial charge < -0.3 is 0 Å². The lowest BCUT2D eigenvalue weighted by Gasteiger charge is -2.13. The number of non-ortho nitro benzene ring substituents is 1. The first-order chi connectivity index (χ1) is 10.7. The molecule has 5 nitrogen and oxygen atoms in total. The van der Waals surface area contributed by atoms with Crippen molar-refractivity contribution in [2.75, 3.05) is 0 Å². The standard InChI is InChI=1S/C14H7ClF3N3O2/c15-12-5-9(14(16,17)18)7-20-13(12)11(6-19)8-1-3-10(4-2-8)21(22)23/h1-5,7,11H/t11-/m0/s1. The Balaban J connectivity index is 2.42. The van der Waals surface area contributed by atoms with E-state index in [1.807, 2.05) is 6.07 Å². The average Bonchev–Trinajstić information content (AvgIpc) is 2.49. The van der Waals surface area contributed by atoms with Gasteiger partial charge in [-0.2, -0.15) is 18.4 Å². The molecule has 0 aliphatic heterocycles. The van der Waals surface area contributed by atoms with E-state index < -0.39 is 22.6 Å². The van der Waals surface area contributed by atoms with Crippen LogP contribution in [-0.2, 0) is 6.18 Å². The molecule has 9 heteroatoms. The molecule has 0 saturated heterocycles. The second-order valence-corrected chi connectivity index (χ2v) is 4.91. The van der Waals surface area contributed by atoms with Crippen LogP contribution in [0.1, 0.15) is 22.7 Å². The molecule has 0 fully saturated rings. The summed E-state index contributed by atoms with van der Waals surface area (Å²) in [5, 5.41) is 19.6. The van der Waals surface area contributed by atoms with E-state index in [9.17, 15) is 28.5 Å². The van der Waals surface area contributed by atoms with Crippen molar-refractivity contribution in [3.63, 3.8) is 0 Å². The third kappa shape index (κ3) is 3.57. The molecule has 0 amide bonds. The Morgan fingerprint density at radius 2 is 1.91 bits per heavy atom. The van der Waals surface area contributed by atoms with Crippen molar-refractivity contribution in [2.24, 2.45) is 0 Å². The highest BCUT2D eigenvalue weighted by molar-refractivity contribution is 6.31. The van der Waals surface area contributed by atoms with Gasteiger partial charge in [-0.3, -0.25) is 15.1 Å². The van der Waals surface area contributed by atoms with Gasteiger partial charge in [-0.1, -0.05) is 23.7 Å². The lowest BCUT2D eigenvalue weighted by Crippen LogP contribution is -2.09. The number of pyridine rings is 1. The third-order valence-electron chi connectivity index (χ3n) is 3.04. The molecule has 118 valence electrons. The molecule has 1 heterocycles. The Morgan fingerprint density at radius 3 is 2.35 bits per heavy atom. The molecule has 0 bridgehead atoms. The molecule has 0 aliphatic rings. The quantitative estimate of drug-likeness (QED) is 0.615. The SMILES string of the molecule is N#C[C@@H](c1ccc([N+](=O)[O-])cc1)c1ncc(C(F)(F)F)cc1Cl. The number of alkyl halides is 3. The van der Waals surface area contributed by atoms with E-state index in [0.29, 0.717) is 17.8 Å². The lowest BCUT2D eigenvalue weighted by atomic mass is 9.96. The fourth-order valence-corrected chi connectivity index (χ4v) is 2.17. The van der Waals surface area contributed by atoms with Crippen LogP contribution in [0.15, 0.2) is 36.5 Å². The molecule has 2 rings (SSSR count). The number of rotatable bonds is 3. The molecule has 1 atom stereocenters. The first kappa shape index (κ1) is 16.7. The molecule has 1 aromatic heterocycles. The average molecular weight is 342 g/mol. The van der Waals surface area contributed by atoms with Crippen molar-refractivity contribution in [1.29, 1.82) is 5.26 Å². The maximum Gasteiger partial charge on any atom is 0.417 e. The van der Waals surface area contributed by atoms with Crippen molar-refractivity contribution >= 4 is 17.3 Å². The largest absolute Gasteiger partial charge is 0.417 e. The zero-order valence-corrected chi connectivity index (χ0v) is 12.0. The Kier molecular flexibility index (Phi) is 4.52. The van der Waals surface area contributed by atoms with Crippen LogP contribution in [0, 0.1) is 21.4 Å². The Labute approximate surface area is 133 Å². The number of hydrogen-bond donors (Lipinski definition) is 0. The van der Waals surface area contributed by atoms with Crippen LogP contribution in [-0.4, -0.2) is 9.91 Å².